The standard InChI is InChI=1S/C22H33FN2O5S/c1-4-7-10-27-12-16-18(28-11-8-5-2)20(23)22(26,30-16)15-13-31-19-17(15)24-14-25-21(19)29-9-6-3/h13-14,16,18,20,26H,4-12H2,1-3H3/t16-,18-,20-,22?/m1/s1. The molecule has 7 nitrogen and oxygen atoms in total. The number of rotatable bonds is 13. The maximum absolute atomic E-state index is 15.7. The van der Waals surface area contributed by atoms with Crippen molar-refractivity contribution in [3.05, 3.63) is 17.3 Å². The average Bonchev–Trinajstić information content (AvgIpc) is 3.31. The van der Waals surface area contributed by atoms with Crippen molar-refractivity contribution in [3.8, 4) is 5.88 Å². The molecule has 3 rings (SSSR count). The van der Waals surface area contributed by atoms with Gasteiger partial charge in [-0.3, -0.25) is 0 Å². The summed E-state index contributed by atoms with van der Waals surface area (Å²) in [6.45, 7) is 7.73. The Hall–Kier alpha value is -1.39. The summed E-state index contributed by atoms with van der Waals surface area (Å²) in [5, 5.41) is 13.0. The van der Waals surface area contributed by atoms with E-state index in [1.54, 1.807) is 5.38 Å². The lowest BCUT2D eigenvalue weighted by Crippen LogP contribution is -2.39. The highest BCUT2D eigenvalue weighted by Crippen LogP contribution is 2.46. The van der Waals surface area contributed by atoms with E-state index in [-0.39, 0.29) is 12.2 Å². The number of fused-ring (bicyclic) bond motifs is 1. The van der Waals surface area contributed by atoms with Gasteiger partial charge in [0, 0.05) is 18.6 Å². The van der Waals surface area contributed by atoms with E-state index in [9.17, 15) is 5.11 Å². The molecular formula is C22H33FN2O5S. The Bertz CT molecular complexity index is 822. The van der Waals surface area contributed by atoms with E-state index in [0.717, 1.165) is 32.1 Å². The normalized spacial score (nSPS) is 26.0. The zero-order chi connectivity index (χ0) is 22.3. The number of hydrogen-bond donors (Lipinski definition) is 1. The summed E-state index contributed by atoms with van der Waals surface area (Å²) < 4.78 is 39.4. The van der Waals surface area contributed by atoms with Crippen molar-refractivity contribution in [2.24, 2.45) is 0 Å². The van der Waals surface area contributed by atoms with Gasteiger partial charge in [-0.05, 0) is 19.3 Å². The number of ether oxygens (including phenoxy) is 4. The van der Waals surface area contributed by atoms with Crippen LogP contribution < -0.4 is 4.74 Å². The first kappa shape index (κ1) is 24.3. The molecule has 1 N–H and O–H groups in total. The van der Waals surface area contributed by atoms with Gasteiger partial charge < -0.3 is 24.1 Å². The van der Waals surface area contributed by atoms with E-state index in [2.05, 4.69) is 16.9 Å². The predicted molar refractivity (Wildman–Crippen MR) is 117 cm³/mol. The molecule has 174 valence electrons. The molecule has 1 aliphatic rings. The lowest BCUT2D eigenvalue weighted by atomic mass is 10.0. The molecule has 0 aromatic carbocycles. The first-order valence-electron chi connectivity index (χ1n) is 11.2. The zero-order valence-corrected chi connectivity index (χ0v) is 19.3. The van der Waals surface area contributed by atoms with Crippen LogP contribution in [0.1, 0.15) is 58.4 Å². The molecule has 0 bridgehead atoms. The maximum atomic E-state index is 15.7. The summed E-state index contributed by atoms with van der Waals surface area (Å²) in [4.78, 5) is 8.47. The average molecular weight is 457 g/mol. The molecule has 2 aromatic heterocycles. The lowest BCUT2D eigenvalue weighted by Gasteiger charge is -2.24. The van der Waals surface area contributed by atoms with Crippen molar-refractivity contribution >= 4 is 21.6 Å². The highest BCUT2D eigenvalue weighted by atomic mass is 32.1. The number of unbranched alkanes of at least 4 members (excludes halogenated alkanes) is 2. The smallest absolute Gasteiger partial charge is 0.234 e. The predicted octanol–water partition coefficient (Wildman–Crippen LogP) is 4.36. The second-order valence-electron chi connectivity index (χ2n) is 7.73. The number of nitrogens with zero attached hydrogens (tertiary/aromatic N) is 2. The van der Waals surface area contributed by atoms with E-state index in [0.29, 0.717) is 35.9 Å². The third kappa shape index (κ3) is 5.34. The van der Waals surface area contributed by atoms with Gasteiger partial charge in [-0.2, -0.15) is 0 Å². The zero-order valence-electron chi connectivity index (χ0n) is 18.5. The molecular weight excluding hydrogens is 423 g/mol. The Balaban J connectivity index is 1.86. The van der Waals surface area contributed by atoms with E-state index in [1.807, 2.05) is 13.8 Å². The number of aromatic nitrogens is 2. The minimum Gasteiger partial charge on any atom is -0.477 e. The summed E-state index contributed by atoms with van der Waals surface area (Å²) in [6, 6.07) is 0. The highest BCUT2D eigenvalue weighted by molar-refractivity contribution is 7.17. The van der Waals surface area contributed by atoms with E-state index in [1.165, 1.54) is 17.7 Å². The topological polar surface area (TPSA) is 82.9 Å². The molecule has 0 aliphatic carbocycles. The Labute approximate surface area is 186 Å². The molecule has 1 aliphatic heterocycles. The van der Waals surface area contributed by atoms with Gasteiger partial charge in [-0.1, -0.05) is 33.6 Å². The third-order valence-electron chi connectivity index (χ3n) is 5.24. The van der Waals surface area contributed by atoms with Crippen molar-refractivity contribution in [2.75, 3.05) is 26.4 Å². The quantitative estimate of drug-likeness (QED) is 0.448. The molecule has 0 amide bonds. The van der Waals surface area contributed by atoms with Crippen LogP contribution in [0.3, 0.4) is 0 Å². The number of hydrogen-bond acceptors (Lipinski definition) is 8. The van der Waals surface area contributed by atoms with Crippen LogP contribution >= 0.6 is 11.3 Å². The maximum Gasteiger partial charge on any atom is 0.234 e. The Kier molecular flexibility index (Phi) is 8.97. The largest absolute Gasteiger partial charge is 0.477 e. The van der Waals surface area contributed by atoms with Crippen molar-refractivity contribution in [3.63, 3.8) is 0 Å². The van der Waals surface area contributed by atoms with Crippen molar-refractivity contribution in [2.45, 2.75) is 77.0 Å². The minimum atomic E-state index is -2.18. The van der Waals surface area contributed by atoms with Gasteiger partial charge in [0.05, 0.1) is 24.3 Å². The molecule has 9 heteroatoms. The molecule has 0 saturated carbocycles. The van der Waals surface area contributed by atoms with Crippen LogP contribution in [0.5, 0.6) is 5.88 Å². The summed E-state index contributed by atoms with van der Waals surface area (Å²) in [5.41, 5.74) is 0.694. The molecule has 2 aromatic rings. The van der Waals surface area contributed by atoms with Crippen LogP contribution in [0, 0.1) is 0 Å². The molecule has 31 heavy (non-hydrogen) atoms. The number of thiophene rings is 1. The Morgan fingerprint density at radius 2 is 1.90 bits per heavy atom. The van der Waals surface area contributed by atoms with Gasteiger partial charge in [0.1, 0.15) is 23.2 Å². The highest BCUT2D eigenvalue weighted by Gasteiger charge is 2.58. The lowest BCUT2D eigenvalue weighted by molar-refractivity contribution is -0.228. The molecule has 4 atom stereocenters. The van der Waals surface area contributed by atoms with Crippen LogP contribution in [0.2, 0.25) is 0 Å². The van der Waals surface area contributed by atoms with Crippen LogP contribution in [0.4, 0.5) is 4.39 Å². The molecule has 1 saturated heterocycles. The fourth-order valence-electron chi connectivity index (χ4n) is 3.50. The van der Waals surface area contributed by atoms with Crippen LogP contribution in [-0.4, -0.2) is 59.9 Å². The number of halogens is 1. The first-order valence-corrected chi connectivity index (χ1v) is 12.0. The van der Waals surface area contributed by atoms with Crippen molar-refractivity contribution in [1.29, 1.82) is 0 Å². The van der Waals surface area contributed by atoms with Crippen LogP contribution in [0.25, 0.3) is 10.2 Å². The molecule has 1 fully saturated rings. The fraction of sp³-hybridized carbons (Fsp3) is 0.727. The van der Waals surface area contributed by atoms with Crippen molar-refractivity contribution < 1.29 is 28.4 Å². The second-order valence-corrected chi connectivity index (χ2v) is 8.61. The van der Waals surface area contributed by atoms with Crippen LogP contribution in [-0.2, 0) is 20.0 Å². The van der Waals surface area contributed by atoms with Crippen LogP contribution in [0.15, 0.2) is 11.7 Å². The van der Waals surface area contributed by atoms with Crippen molar-refractivity contribution in [1.82, 2.24) is 9.97 Å². The van der Waals surface area contributed by atoms with Gasteiger partial charge in [0.25, 0.3) is 0 Å². The second kappa shape index (κ2) is 11.5. The number of alkyl halides is 1. The Morgan fingerprint density at radius 1 is 1.13 bits per heavy atom. The molecule has 3 heterocycles. The van der Waals surface area contributed by atoms with Gasteiger partial charge in [0.2, 0.25) is 11.7 Å². The minimum absolute atomic E-state index is 0.154. The number of aliphatic hydroxyl groups is 1. The molecule has 1 unspecified atom stereocenters. The van der Waals surface area contributed by atoms with E-state index in [4.69, 9.17) is 18.9 Å². The summed E-state index contributed by atoms with van der Waals surface area (Å²) in [6.07, 6.45) is 2.40. The fourth-order valence-corrected chi connectivity index (χ4v) is 4.50. The molecule has 0 spiro atoms. The van der Waals surface area contributed by atoms with E-state index < -0.39 is 24.2 Å². The summed E-state index contributed by atoms with van der Waals surface area (Å²) >= 11 is 1.30. The van der Waals surface area contributed by atoms with Gasteiger partial charge in [0.15, 0.2) is 6.17 Å². The van der Waals surface area contributed by atoms with Gasteiger partial charge in [-0.15, -0.1) is 11.3 Å². The first-order chi connectivity index (χ1) is 15.1. The van der Waals surface area contributed by atoms with Gasteiger partial charge >= 0.3 is 0 Å². The summed E-state index contributed by atoms with van der Waals surface area (Å²) in [7, 11) is 0. The van der Waals surface area contributed by atoms with Gasteiger partial charge in [-0.25, -0.2) is 14.4 Å². The third-order valence-corrected chi connectivity index (χ3v) is 6.20. The SMILES string of the molecule is CCCCOC[C@H]1OC(O)(c2csc3c(OCCC)ncnc23)[C@H](F)[C@@H]1OCCCC. The summed E-state index contributed by atoms with van der Waals surface area (Å²) in [5.74, 6) is -1.75. The molecule has 0 radical (unpaired) electrons. The monoisotopic (exact) mass is 456 g/mol. The Morgan fingerprint density at radius 3 is 2.65 bits per heavy atom. The van der Waals surface area contributed by atoms with E-state index >= 15 is 4.39 Å².